The van der Waals surface area contributed by atoms with E-state index in [-0.39, 0.29) is 11.5 Å². The number of hydrogen-bond acceptors (Lipinski definition) is 1. The van der Waals surface area contributed by atoms with Crippen molar-refractivity contribution in [3.05, 3.63) is 0 Å². The lowest BCUT2D eigenvalue weighted by Gasteiger charge is -2.63. The first-order valence-electron chi connectivity index (χ1n) is 8.16. The average Bonchev–Trinajstić information content (AvgIpc) is 2.25. The summed E-state index contributed by atoms with van der Waals surface area (Å²) in [6.07, 6.45) is 7.65. The molecular weight excluding hydrogens is 234 g/mol. The SMILES string of the molecule is CC(C)NC(=O)C12CC3CC(C1)CC(C(C)C)(C3)C2. The van der Waals surface area contributed by atoms with Crippen molar-refractivity contribution in [2.45, 2.75) is 72.3 Å². The van der Waals surface area contributed by atoms with E-state index in [0.29, 0.717) is 11.3 Å². The lowest BCUT2D eigenvalue weighted by molar-refractivity contribution is -0.164. The van der Waals surface area contributed by atoms with Crippen LogP contribution < -0.4 is 5.32 Å². The standard InChI is InChI=1S/C17H29NO/c1-11(2)16-6-13-5-14(7-16)9-17(8-13,10-16)15(19)18-12(3)4/h11-14H,5-10H2,1-4H3,(H,18,19). The summed E-state index contributed by atoms with van der Waals surface area (Å²) in [5.74, 6) is 2.73. The van der Waals surface area contributed by atoms with Crippen molar-refractivity contribution in [3.8, 4) is 0 Å². The maximum absolute atomic E-state index is 12.8. The fourth-order valence-corrected chi connectivity index (χ4v) is 5.69. The third-order valence-electron chi connectivity index (χ3n) is 6.23. The van der Waals surface area contributed by atoms with Crippen LogP contribution in [0.5, 0.6) is 0 Å². The van der Waals surface area contributed by atoms with Gasteiger partial charge in [0.15, 0.2) is 0 Å². The molecule has 4 fully saturated rings. The zero-order chi connectivity index (χ0) is 13.8. The minimum atomic E-state index is -0.0153. The first-order chi connectivity index (χ1) is 8.85. The van der Waals surface area contributed by atoms with E-state index >= 15 is 0 Å². The van der Waals surface area contributed by atoms with Gasteiger partial charge in [-0.15, -0.1) is 0 Å². The van der Waals surface area contributed by atoms with Crippen LogP contribution in [0.25, 0.3) is 0 Å². The summed E-state index contributed by atoms with van der Waals surface area (Å²) in [5.41, 5.74) is 0.455. The number of hydrogen-bond donors (Lipinski definition) is 1. The molecule has 0 saturated heterocycles. The monoisotopic (exact) mass is 263 g/mol. The molecule has 0 radical (unpaired) electrons. The highest BCUT2D eigenvalue weighted by Crippen LogP contribution is 2.67. The molecule has 0 aromatic carbocycles. The highest BCUT2D eigenvalue weighted by Gasteiger charge is 2.61. The van der Waals surface area contributed by atoms with Gasteiger partial charge in [-0.3, -0.25) is 4.79 Å². The summed E-state index contributed by atoms with van der Waals surface area (Å²) in [5, 5.41) is 3.22. The van der Waals surface area contributed by atoms with Crippen molar-refractivity contribution < 1.29 is 4.79 Å². The molecule has 4 aliphatic carbocycles. The van der Waals surface area contributed by atoms with Crippen LogP contribution >= 0.6 is 0 Å². The molecular formula is C17H29NO. The lowest BCUT2D eigenvalue weighted by Crippen LogP contribution is -2.59. The van der Waals surface area contributed by atoms with Crippen molar-refractivity contribution in [1.82, 2.24) is 5.32 Å². The third kappa shape index (κ3) is 2.02. The predicted octanol–water partition coefficient (Wildman–Crippen LogP) is 3.75. The largest absolute Gasteiger partial charge is 0.353 e. The van der Waals surface area contributed by atoms with Gasteiger partial charge in [-0.1, -0.05) is 13.8 Å². The van der Waals surface area contributed by atoms with Crippen molar-refractivity contribution in [3.63, 3.8) is 0 Å². The first kappa shape index (κ1) is 13.5. The van der Waals surface area contributed by atoms with Gasteiger partial charge in [0.25, 0.3) is 0 Å². The molecule has 0 spiro atoms. The van der Waals surface area contributed by atoms with Gasteiger partial charge >= 0.3 is 0 Å². The third-order valence-corrected chi connectivity index (χ3v) is 6.23. The zero-order valence-corrected chi connectivity index (χ0v) is 13.0. The average molecular weight is 263 g/mol. The molecule has 4 rings (SSSR count). The number of rotatable bonds is 3. The van der Waals surface area contributed by atoms with E-state index in [4.69, 9.17) is 0 Å². The number of amides is 1. The molecule has 2 nitrogen and oxygen atoms in total. The Morgan fingerprint density at radius 3 is 2.11 bits per heavy atom. The number of carbonyl (C=O) groups excluding carboxylic acids is 1. The molecule has 108 valence electrons. The highest BCUT2D eigenvalue weighted by molar-refractivity contribution is 5.83. The molecule has 0 aromatic heterocycles. The maximum atomic E-state index is 12.8. The Hall–Kier alpha value is -0.530. The second-order valence-corrected chi connectivity index (χ2v) is 8.39. The van der Waals surface area contributed by atoms with Crippen LogP contribution in [-0.2, 0) is 4.79 Å². The smallest absolute Gasteiger partial charge is 0.226 e. The van der Waals surface area contributed by atoms with Crippen LogP contribution in [0.4, 0.5) is 0 Å². The molecule has 0 aromatic rings. The van der Waals surface area contributed by atoms with Crippen LogP contribution in [0.1, 0.15) is 66.2 Å². The van der Waals surface area contributed by atoms with Gasteiger partial charge in [0, 0.05) is 6.04 Å². The van der Waals surface area contributed by atoms with E-state index in [1.165, 1.54) is 19.3 Å². The molecule has 2 atom stereocenters. The summed E-state index contributed by atoms with van der Waals surface area (Å²) in [6, 6.07) is 0.274. The van der Waals surface area contributed by atoms with Crippen LogP contribution in [0.15, 0.2) is 0 Å². The second-order valence-electron chi connectivity index (χ2n) is 8.39. The molecule has 0 heterocycles. The Bertz CT molecular complexity index is 371. The highest BCUT2D eigenvalue weighted by atomic mass is 16.2. The summed E-state index contributed by atoms with van der Waals surface area (Å²) >= 11 is 0. The Balaban J connectivity index is 1.89. The van der Waals surface area contributed by atoms with Gasteiger partial charge in [0.05, 0.1) is 5.41 Å². The van der Waals surface area contributed by atoms with Gasteiger partial charge in [-0.25, -0.2) is 0 Å². The van der Waals surface area contributed by atoms with E-state index in [0.717, 1.165) is 37.0 Å². The minimum Gasteiger partial charge on any atom is -0.353 e. The Kier molecular flexibility index (Phi) is 3.00. The fourth-order valence-electron chi connectivity index (χ4n) is 5.69. The first-order valence-corrected chi connectivity index (χ1v) is 8.16. The molecule has 2 unspecified atom stereocenters. The molecule has 1 amide bonds. The summed E-state index contributed by atoms with van der Waals surface area (Å²) < 4.78 is 0. The van der Waals surface area contributed by atoms with Crippen molar-refractivity contribution >= 4 is 5.91 Å². The Labute approximate surface area is 117 Å². The van der Waals surface area contributed by atoms with Gasteiger partial charge in [0.1, 0.15) is 0 Å². The fraction of sp³-hybridized carbons (Fsp3) is 0.941. The van der Waals surface area contributed by atoms with E-state index in [1.54, 1.807) is 0 Å². The van der Waals surface area contributed by atoms with Gasteiger partial charge in [-0.2, -0.15) is 0 Å². The van der Waals surface area contributed by atoms with Crippen LogP contribution in [0.2, 0.25) is 0 Å². The van der Waals surface area contributed by atoms with Crippen molar-refractivity contribution in [2.75, 3.05) is 0 Å². The van der Waals surface area contributed by atoms with Crippen LogP contribution in [0.3, 0.4) is 0 Å². The summed E-state index contributed by atoms with van der Waals surface area (Å²) in [6.45, 7) is 8.91. The van der Waals surface area contributed by atoms with Gasteiger partial charge in [-0.05, 0) is 75.5 Å². The molecule has 2 heteroatoms. The maximum Gasteiger partial charge on any atom is 0.226 e. The topological polar surface area (TPSA) is 29.1 Å². The zero-order valence-electron chi connectivity index (χ0n) is 13.0. The molecule has 1 N–H and O–H groups in total. The quantitative estimate of drug-likeness (QED) is 0.825. The predicted molar refractivity (Wildman–Crippen MR) is 77.7 cm³/mol. The molecule has 19 heavy (non-hydrogen) atoms. The van der Waals surface area contributed by atoms with E-state index < -0.39 is 0 Å². The number of nitrogens with one attached hydrogen (secondary N) is 1. The van der Waals surface area contributed by atoms with Crippen LogP contribution in [-0.4, -0.2) is 11.9 Å². The summed E-state index contributed by atoms with van der Waals surface area (Å²) in [7, 11) is 0. The minimum absolute atomic E-state index is 0.0153. The van der Waals surface area contributed by atoms with E-state index in [1.807, 2.05) is 0 Å². The van der Waals surface area contributed by atoms with Gasteiger partial charge < -0.3 is 5.32 Å². The van der Waals surface area contributed by atoms with E-state index in [9.17, 15) is 4.79 Å². The van der Waals surface area contributed by atoms with Crippen LogP contribution in [0, 0.1) is 28.6 Å². The van der Waals surface area contributed by atoms with Crippen molar-refractivity contribution in [2.24, 2.45) is 28.6 Å². The normalized spacial score (nSPS) is 44.1. The number of carbonyl (C=O) groups is 1. The van der Waals surface area contributed by atoms with Gasteiger partial charge in [0.2, 0.25) is 5.91 Å². The second kappa shape index (κ2) is 4.23. The lowest BCUT2D eigenvalue weighted by atomic mass is 9.42. The molecule has 4 saturated carbocycles. The Morgan fingerprint density at radius 2 is 1.63 bits per heavy atom. The van der Waals surface area contributed by atoms with Crippen molar-refractivity contribution in [1.29, 1.82) is 0 Å². The van der Waals surface area contributed by atoms with E-state index in [2.05, 4.69) is 33.0 Å². The Morgan fingerprint density at radius 1 is 1.05 bits per heavy atom. The molecule has 0 aliphatic heterocycles. The molecule has 4 aliphatic rings. The summed E-state index contributed by atoms with van der Waals surface area (Å²) in [4.78, 5) is 12.8. The molecule has 4 bridgehead atoms.